The summed E-state index contributed by atoms with van der Waals surface area (Å²) in [5, 5.41) is 23.1. The van der Waals surface area contributed by atoms with Crippen LogP contribution in [0, 0.1) is 0 Å². The van der Waals surface area contributed by atoms with Gasteiger partial charge in [0.2, 0.25) is 0 Å². The first kappa shape index (κ1) is 14.1. The van der Waals surface area contributed by atoms with Crippen molar-refractivity contribution in [1.82, 2.24) is 9.97 Å². The summed E-state index contributed by atoms with van der Waals surface area (Å²) in [5.41, 5.74) is 10.6. The Balaban J connectivity index is 2.03. The number of aliphatic hydroxyl groups excluding tert-OH is 2. The van der Waals surface area contributed by atoms with Crippen molar-refractivity contribution in [2.45, 2.75) is 18.6 Å². The molecule has 0 bridgehead atoms. The van der Waals surface area contributed by atoms with E-state index in [0.29, 0.717) is 5.56 Å². The van der Waals surface area contributed by atoms with Gasteiger partial charge in [-0.1, -0.05) is 29.4 Å². The number of aromatic amines is 1. The van der Waals surface area contributed by atoms with E-state index in [0.717, 1.165) is 11.3 Å². The van der Waals surface area contributed by atoms with Crippen LogP contribution in [0.5, 0.6) is 0 Å². The molecule has 2 unspecified atom stereocenters. The maximum absolute atomic E-state index is 10.0. The van der Waals surface area contributed by atoms with Crippen molar-refractivity contribution >= 4 is 0 Å². The van der Waals surface area contributed by atoms with Crippen LogP contribution in [0.15, 0.2) is 41.9 Å². The van der Waals surface area contributed by atoms with Gasteiger partial charge in [0.15, 0.2) is 0 Å². The van der Waals surface area contributed by atoms with E-state index in [1.54, 1.807) is 24.7 Å². The van der Waals surface area contributed by atoms with Gasteiger partial charge in [-0.3, -0.25) is 0 Å². The molecular weight excluding hydrogens is 258 g/mol. The molecule has 3 N–H and O–H groups in total. The predicted octanol–water partition coefficient (Wildman–Crippen LogP) is 2.17. The fourth-order valence-corrected chi connectivity index (χ4v) is 1.89. The molecule has 2 aromatic rings. The second-order valence-corrected chi connectivity index (χ2v) is 4.34. The highest BCUT2D eigenvalue weighted by molar-refractivity contribution is 5.58. The van der Waals surface area contributed by atoms with Crippen LogP contribution in [0.25, 0.3) is 21.7 Å². The number of rotatable bonds is 6. The zero-order chi connectivity index (χ0) is 14.4. The molecule has 0 aliphatic heterocycles. The molecule has 0 fully saturated rings. The quantitative estimate of drug-likeness (QED) is 0.425. The van der Waals surface area contributed by atoms with Crippen LogP contribution in [-0.4, -0.2) is 32.8 Å². The molecule has 0 aliphatic rings. The van der Waals surface area contributed by atoms with E-state index in [1.165, 1.54) is 0 Å². The van der Waals surface area contributed by atoms with Crippen LogP contribution in [0.1, 0.15) is 18.1 Å². The highest BCUT2D eigenvalue weighted by atomic mass is 16.3. The van der Waals surface area contributed by atoms with Crippen molar-refractivity contribution in [3.63, 3.8) is 0 Å². The lowest BCUT2D eigenvalue weighted by Crippen LogP contribution is -2.19. The first-order chi connectivity index (χ1) is 9.72. The first-order valence-electron chi connectivity index (χ1n) is 6.18. The topological polar surface area (TPSA) is 118 Å². The van der Waals surface area contributed by atoms with E-state index in [9.17, 15) is 10.2 Å². The Labute approximate surface area is 115 Å². The molecule has 1 aromatic heterocycles. The van der Waals surface area contributed by atoms with Gasteiger partial charge in [0.05, 0.1) is 24.3 Å². The van der Waals surface area contributed by atoms with Gasteiger partial charge >= 0.3 is 0 Å². The van der Waals surface area contributed by atoms with Gasteiger partial charge in [0, 0.05) is 11.5 Å². The maximum Gasteiger partial charge on any atom is 0.105 e. The van der Waals surface area contributed by atoms with E-state index < -0.39 is 12.2 Å². The second-order valence-electron chi connectivity index (χ2n) is 4.34. The summed E-state index contributed by atoms with van der Waals surface area (Å²) in [6.07, 6.45) is 1.56. The Hall–Kier alpha value is -2.34. The molecule has 104 valence electrons. The smallest absolute Gasteiger partial charge is 0.105 e. The van der Waals surface area contributed by atoms with Crippen molar-refractivity contribution in [3.05, 3.63) is 52.8 Å². The summed E-state index contributed by atoms with van der Waals surface area (Å²) >= 11 is 0. The number of benzene rings is 1. The fraction of sp³-hybridized carbons (Fsp3) is 0.308. The van der Waals surface area contributed by atoms with Crippen LogP contribution >= 0.6 is 0 Å². The van der Waals surface area contributed by atoms with Crippen LogP contribution < -0.4 is 0 Å². The molecular formula is C13H15N5O2. The van der Waals surface area contributed by atoms with Crippen molar-refractivity contribution in [3.8, 4) is 11.3 Å². The molecule has 0 amide bonds. The van der Waals surface area contributed by atoms with E-state index in [2.05, 4.69) is 20.0 Å². The molecule has 1 heterocycles. The highest BCUT2D eigenvalue weighted by Crippen LogP contribution is 2.23. The van der Waals surface area contributed by atoms with Crippen LogP contribution in [0.3, 0.4) is 0 Å². The largest absolute Gasteiger partial charge is 0.390 e. The summed E-state index contributed by atoms with van der Waals surface area (Å²) in [6.45, 7) is 0.154. The average molecular weight is 273 g/mol. The summed E-state index contributed by atoms with van der Waals surface area (Å²) in [7, 11) is 0. The van der Waals surface area contributed by atoms with E-state index >= 15 is 0 Å². The molecule has 0 aliphatic carbocycles. The third-order valence-corrected chi connectivity index (χ3v) is 3.01. The van der Waals surface area contributed by atoms with Crippen molar-refractivity contribution < 1.29 is 10.2 Å². The Morgan fingerprint density at radius 3 is 2.65 bits per heavy atom. The SMILES string of the molecule is [N-]=[N+]=NCCC(O)C(O)c1ccc(-c2cnc[nH]2)cc1. The van der Waals surface area contributed by atoms with E-state index in [-0.39, 0.29) is 13.0 Å². The summed E-state index contributed by atoms with van der Waals surface area (Å²) in [4.78, 5) is 9.53. The molecule has 0 saturated heterocycles. The molecule has 0 spiro atoms. The molecule has 1 aromatic carbocycles. The van der Waals surface area contributed by atoms with E-state index in [4.69, 9.17) is 5.53 Å². The molecule has 0 radical (unpaired) electrons. The number of nitrogens with one attached hydrogen (secondary N) is 1. The predicted molar refractivity (Wildman–Crippen MR) is 73.6 cm³/mol. The minimum atomic E-state index is -1.00. The number of hydrogen-bond donors (Lipinski definition) is 3. The fourth-order valence-electron chi connectivity index (χ4n) is 1.89. The average Bonchev–Trinajstić information content (AvgIpc) is 3.01. The van der Waals surface area contributed by atoms with Crippen LogP contribution in [-0.2, 0) is 0 Å². The maximum atomic E-state index is 10.0. The standard InChI is InChI=1S/C13H15N5O2/c14-18-17-6-5-12(19)13(20)10-3-1-9(2-4-10)11-7-15-8-16-11/h1-4,7-8,12-13,19-20H,5-6H2,(H,15,16). The lowest BCUT2D eigenvalue weighted by molar-refractivity contribution is 0.0150. The van der Waals surface area contributed by atoms with Gasteiger partial charge in [-0.15, -0.1) is 0 Å². The van der Waals surface area contributed by atoms with Crippen molar-refractivity contribution in [1.29, 1.82) is 0 Å². The number of hydrogen-bond acceptors (Lipinski definition) is 4. The Bertz CT molecular complexity index is 575. The molecule has 7 nitrogen and oxygen atoms in total. The van der Waals surface area contributed by atoms with Gasteiger partial charge in [0.25, 0.3) is 0 Å². The lowest BCUT2D eigenvalue weighted by atomic mass is 10.0. The summed E-state index contributed by atoms with van der Waals surface area (Å²) in [5.74, 6) is 0. The van der Waals surface area contributed by atoms with Gasteiger partial charge < -0.3 is 15.2 Å². The molecule has 2 rings (SSSR count). The number of imidazole rings is 1. The minimum absolute atomic E-state index is 0.154. The Morgan fingerprint density at radius 1 is 1.30 bits per heavy atom. The number of H-pyrrole nitrogens is 1. The van der Waals surface area contributed by atoms with Gasteiger partial charge in [0.1, 0.15) is 6.10 Å². The van der Waals surface area contributed by atoms with Gasteiger partial charge in [-0.05, 0) is 23.1 Å². The monoisotopic (exact) mass is 273 g/mol. The third kappa shape index (κ3) is 3.36. The Kier molecular flexibility index (Phi) is 4.73. The highest BCUT2D eigenvalue weighted by Gasteiger charge is 2.17. The molecule has 20 heavy (non-hydrogen) atoms. The number of nitrogens with zero attached hydrogens (tertiary/aromatic N) is 4. The number of aromatic nitrogens is 2. The van der Waals surface area contributed by atoms with Crippen molar-refractivity contribution in [2.24, 2.45) is 5.11 Å². The number of azide groups is 1. The summed E-state index contributed by atoms with van der Waals surface area (Å²) in [6, 6.07) is 7.17. The lowest BCUT2D eigenvalue weighted by Gasteiger charge is -2.17. The first-order valence-corrected chi connectivity index (χ1v) is 6.18. The van der Waals surface area contributed by atoms with Gasteiger partial charge in [-0.25, -0.2) is 4.98 Å². The zero-order valence-corrected chi connectivity index (χ0v) is 10.7. The zero-order valence-electron chi connectivity index (χ0n) is 10.7. The number of aliphatic hydroxyl groups is 2. The minimum Gasteiger partial charge on any atom is -0.390 e. The third-order valence-electron chi connectivity index (χ3n) is 3.01. The van der Waals surface area contributed by atoms with Crippen LogP contribution in [0.2, 0.25) is 0 Å². The normalized spacial score (nSPS) is 13.5. The molecule has 2 atom stereocenters. The van der Waals surface area contributed by atoms with Crippen LogP contribution in [0.4, 0.5) is 0 Å². The molecule has 7 heteroatoms. The second kappa shape index (κ2) is 6.72. The summed E-state index contributed by atoms with van der Waals surface area (Å²) < 4.78 is 0. The molecule has 0 saturated carbocycles. The Morgan fingerprint density at radius 2 is 2.05 bits per heavy atom. The van der Waals surface area contributed by atoms with E-state index in [1.807, 2.05) is 12.1 Å². The van der Waals surface area contributed by atoms with Crippen molar-refractivity contribution in [2.75, 3.05) is 6.54 Å². The van der Waals surface area contributed by atoms with Gasteiger partial charge in [-0.2, -0.15) is 0 Å².